The number of halogens is 1. The van der Waals surface area contributed by atoms with Crippen LogP contribution in [0.15, 0.2) is 47.9 Å². The Morgan fingerprint density at radius 3 is 2.68 bits per heavy atom. The van der Waals surface area contributed by atoms with Gasteiger partial charge >= 0.3 is 0 Å². The summed E-state index contributed by atoms with van der Waals surface area (Å²) in [5.41, 5.74) is 4.92. The van der Waals surface area contributed by atoms with E-state index in [9.17, 15) is 8.42 Å². The van der Waals surface area contributed by atoms with Gasteiger partial charge in [0, 0.05) is 24.9 Å². The van der Waals surface area contributed by atoms with E-state index in [1.54, 1.807) is 36.5 Å². The number of aryl methyl sites for hydroxylation is 2. The first-order chi connectivity index (χ1) is 14.7. The predicted molar refractivity (Wildman–Crippen MR) is 131 cm³/mol. The summed E-state index contributed by atoms with van der Waals surface area (Å²) in [5.74, 6) is 0. The lowest BCUT2D eigenvalue weighted by Gasteiger charge is -2.36. The second-order valence-electron chi connectivity index (χ2n) is 8.82. The van der Waals surface area contributed by atoms with Gasteiger partial charge < -0.3 is 4.90 Å². The van der Waals surface area contributed by atoms with Crippen LogP contribution in [-0.2, 0) is 16.3 Å². The summed E-state index contributed by atoms with van der Waals surface area (Å²) < 4.78 is 26.5. The standard InChI is InChI=1S/C24H29ClN2O2S2/c1-17-7-8-18(2)19(14-17)15-20-16-30-23(26-20)27-12-9-21(10-13-27)31(28,29)22-6-4-5-11-24(22,3)25/h4-8,11,14,16,21-22H,9-10,12-13,15H2,1-3H3. The van der Waals surface area contributed by atoms with Gasteiger partial charge in [-0.2, -0.15) is 0 Å². The lowest BCUT2D eigenvalue weighted by molar-refractivity contribution is 0.518. The summed E-state index contributed by atoms with van der Waals surface area (Å²) >= 11 is 8.17. The molecule has 1 aromatic carbocycles. The molecule has 4 nitrogen and oxygen atoms in total. The number of piperidine rings is 1. The van der Waals surface area contributed by atoms with Crippen LogP contribution in [0.25, 0.3) is 0 Å². The maximum atomic E-state index is 13.3. The Balaban J connectivity index is 1.41. The highest BCUT2D eigenvalue weighted by Crippen LogP contribution is 2.36. The van der Waals surface area contributed by atoms with Crippen molar-refractivity contribution in [2.45, 2.75) is 55.4 Å². The molecule has 0 radical (unpaired) electrons. The Kier molecular flexibility index (Phi) is 6.35. The molecule has 1 aliphatic carbocycles. The van der Waals surface area contributed by atoms with E-state index in [0.29, 0.717) is 25.9 Å². The summed E-state index contributed by atoms with van der Waals surface area (Å²) in [5, 5.41) is 2.07. The monoisotopic (exact) mass is 476 g/mol. The number of hydrogen-bond acceptors (Lipinski definition) is 5. The molecule has 1 aliphatic heterocycles. The first-order valence-corrected chi connectivity index (χ1v) is 13.6. The van der Waals surface area contributed by atoms with Crippen LogP contribution in [-0.4, -0.2) is 41.9 Å². The zero-order valence-electron chi connectivity index (χ0n) is 18.2. The molecule has 0 amide bonds. The van der Waals surface area contributed by atoms with Gasteiger partial charge in [0.05, 0.1) is 15.8 Å². The fourth-order valence-corrected chi connectivity index (χ4v) is 8.12. The number of benzene rings is 1. The van der Waals surface area contributed by atoms with Crippen LogP contribution in [0.5, 0.6) is 0 Å². The van der Waals surface area contributed by atoms with E-state index in [1.165, 1.54) is 16.7 Å². The molecule has 1 saturated heterocycles. The third kappa shape index (κ3) is 4.76. The van der Waals surface area contributed by atoms with Gasteiger partial charge in [-0.25, -0.2) is 13.4 Å². The molecular weight excluding hydrogens is 448 g/mol. The second-order valence-corrected chi connectivity index (χ2v) is 12.8. The van der Waals surface area contributed by atoms with Crippen LogP contribution >= 0.6 is 22.9 Å². The van der Waals surface area contributed by atoms with E-state index in [0.717, 1.165) is 17.2 Å². The van der Waals surface area contributed by atoms with E-state index in [4.69, 9.17) is 16.6 Å². The average Bonchev–Trinajstić information content (AvgIpc) is 3.19. The van der Waals surface area contributed by atoms with E-state index >= 15 is 0 Å². The molecule has 0 saturated carbocycles. The Labute approximate surface area is 194 Å². The van der Waals surface area contributed by atoms with E-state index in [-0.39, 0.29) is 5.25 Å². The van der Waals surface area contributed by atoms with Crippen molar-refractivity contribution in [2.75, 3.05) is 18.0 Å². The maximum Gasteiger partial charge on any atom is 0.185 e. The zero-order valence-corrected chi connectivity index (χ0v) is 20.6. The van der Waals surface area contributed by atoms with Crippen LogP contribution in [0.4, 0.5) is 5.13 Å². The number of thiazole rings is 1. The first-order valence-electron chi connectivity index (χ1n) is 10.7. The number of nitrogens with zero attached hydrogens (tertiary/aromatic N) is 2. The van der Waals surface area contributed by atoms with Gasteiger partial charge in [-0.05, 0) is 44.7 Å². The topological polar surface area (TPSA) is 50.3 Å². The molecule has 0 spiro atoms. The minimum Gasteiger partial charge on any atom is -0.348 e. The third-order valence-electron chi connectivity index (χ3n) is 6.32. The van der Waals surface area contributed by atoms with Gasteiger partial charge in [-0.1, -0.05) is 48.1 Å². The quantitative estimate of drug-likeness (QED) is 0.554. The number of allylic oxidation sites excluding steroid dienone is 3. The van der Waals surface area contributed by atoms with E-state index < -0.39 is 20.0 Å². The van der Waals surface area contributed by atoms with Gasteiger partial charge in [0.15, 0.2) is 15.0 Å². The van der Waals surface area contributed by atoms with Gasteiger partial charge in [-0.15, -0.1) is 22.9 Å². The Morgan fingerprint density at radius 1 is 1.23 bits per heavy atom. The zero-order chi connectivity index (χ0) is 22.2. The first kappa shape index (κ1) is 22.6. The number of alkyl halides is 1. The highest BCUT2D eigenvalue weighted by Gasteiger charge is 2.44. The molecule has 1 fully saturated rings. The van der Waals surface area contributed by atoms with Crippen molar-refractivity contribution in [1.82, 2.24) is 4.98 Å². The normalized spacial score (nSPS) is 24.6. The van der Waals surface area contributed by atoms with Crippen LogP contribution < -0.4 is 4.90 Å². The molecule has 7 heteroatoms. The summed E-state index contributed by atoms with van der Waals surface area (Å²) in [4.78, 5) is 6.19. The average molecular weight is 477 g/mol. The van der Waals surface area contributed by atoms with E-state index in [2.05, 4.69) is 42.3 Å². The number of anilines is 1. The maximum absolute atomic E-state index is 13.3. The van der Waals surface area contributed by atoms with Crippen molar-refractivity contribution in [3.63, 3.8) is 0 Å². The molecule has 0 N–H and O–H groups in total. The molecule has 4 rings (SSSR count). The molecule has 2 heterocycles. The number of rotatable bonds is 5. The van der Waals surface area contributed by atoms with Crippen molar-refractivity contribution in [1.29, 1.82) is 0 Å². The fourth-order valence-electron chi connectivity index (χ4n) is 4.41. The molecule has 2 aromatic rings. The molecule has 2 unspecified atom stereocenters. The summed E-state index contributed by atoms with van der Waals surface area (Å²) in [6, 6.07) is 6.52. The van der Waals surface area contributed by atoms with Crippen LogP contribution in [0, 0.1) is 13.8 Å². The van der Waals surface area contributed by atoms with Crippen LogP contribution in [0.1, 0.15) is 42.1 Å². The van der Waals surface area contributed by atoms with Crippen LogP contribution in [0.2, 0.25) is 0 Å². The molecule has 1 aromatic heterocycles. The third-order valence-corrected chi connectivity index (χ3v) is 10.5. The molecule has 31 heavy (non-hydrogen) atoms. The van der Waals surface area contributed by atoms with Gasteiger partial charge in [0.1, 0.15) is 5.25 Å². The molecular formula is C24H29ClN2O2S2. The Bertz CT molecular complexity index is 1110. The summed E-state index contributed by atoms with van der Waals surface area (Å²) in [6.07, 6.45) is 9.15. The lowest BCUT2D eigenvalue weighted by atomic mass is 10.0. The molecule has 2 atom stereocenters. The smallest absolute Gasteiger partial charge is 0.185 e. The number of aromatic nitrogens is 1. The van der Waals surface area contributed by atoms with Crippen molar-refractivity contribution in [3.05, 3.63) is 70.3 Å². The van der Waals surface area contributed by atoms with Gasteiger partial charge in [-0.3, -0.25) is 0 Å². The minimum absolute atomic E-state index is 0.364. The predicted octanol–water partition coefficient (Wildman–Crippen LogP) is 5.23. The van der Waals surface area contributed by atoms with Crippen molar-refractivity contribution < 1.29 is 8.42 Å². The number of sulfone groups is 1. The lowest BCUT2D eigenvalue weighted by Crippen LogP contribution is -2.47. The highest BCUT2D eigenvalue weighted by atomic mass is 35.5. The second kappa shape index (κ2) is 8.72. The van der Waals surface area contributed by atoms with Crippen molar-refractivity contribution in [3.8, 4) is 0 Å². The Morgan fingerprint density at radius 2 is 1.97 bits per heavy atom. The summed E-state index contributed by atoms with van der Waals surface area (Å²) in [6.45, 7) is 7.42. The molecule has 0 bridgehead atoms. The fraction of sp³-hybridized carbons (Fsp3) is 0.458. The van der Waals surface area contributed by atoms with Gasteiger partial charge in [0.25, 0.3) is 0 Å². The van der Waals surface area contributed by atoms with Crippen molar-refractivity contribution in [2.24, 2.45) is 0 Å². The van der Waals surface area contributed by atoms with Crippen molar-refractivity contribution >= 4 is 37.9 Å². The van der Waals surface area contributed by atoms with Gasteiger partial charge in [0.2, 0.25) is 0 Å². The van der Waals surface area contributed by atoms with Crippen LogP contribution in [0.3, 0.4) is 0 Å². The molecule has 2 aliphatic rings. The minimum atomic E-state index is -3.36. The summed E-state index contributed by atoms with van der Waals surface area (Å²) in [7, 11) is -3.36. The highest BCUT2D eigenvalue weighted by molar-refractivity contribution is 7.93. The largest absolute Gasteiger partial charge is 0.348 e. The van der Waals surface area contributed by atoms with E-state index in [1.807, 2.05) is 6.08 Å². The SMILES string of the molecule is Cc1ccc(C)c(Cc2csc(N3CCC(S(=O)(=O)C4C=CC=CC4(C)Cl)CC3)n2)c1. The number of hydrogen-bond donors (Lipinski definition) is 0. The molecule has 166 valence electrons. The Hall–Kier alpha value is -1.63.